The molecule has 1 aromatic rings. The Morgan fingerprint density at radius 2 is 2.00 bits per heavy atom. The fraction of sp³-hybridized carbons (Fsp3) is 0.250. The van der Waals surface area contributed by atoms with Gasteiger partial charge in [-0.2, -0.15) is 0 Å². The van der Waals surface area contributed by atoms with Gasteiger partial charge in [-0.15, -0.1) is 0 Å². The first kappa shape index (κ1) is 8.65. The van der Waals surface area contributed by atoms with Crippen LogP contribution in [0.1, 0.15) is 17.6 Å². The van der Waals surface area contributed by atoms with Gasteiger partial charge in [-0.1, -0.05) is 34.1 Å². The molecule has 60 valence electrons. The Morgan fingerprint density at radius 3 is 2.45 bits per heavy atom. The van der Waals surface area contributed by atoms with Gasteiger partial charge in [-0.05, 0) is 12.5 Å². The summed E-state index contributed by atoms with van der Waals surface area (Å²) in [5.74, 6) is 0. The van der Waals surface area contributed by atoms with Crippen molar-refractivity contribution in [1.82, 2.24) is 0 Å². The number of benzene rings is 1. The second-order valence-corrected chi connectivity index (χ2v) is 3.07. The van der Waals surface area contributed by atoms with Gasteiger partial charge in [-0.25, -0.2) is 8.78 Å². The van der Waals surface area contributed by atoms with Crippen molar-refractivity contribution in [2.75, 3.05) is 0 Å². The predicted octanol–water partition coefficient (Wildman–Crippen LogP) is 3.70. The van der Waals surface area contributed by atoms with E-state index in [1.54, 1.807) is 19.1 Å². The summed E-state index contributed by atoms with van der Waals surface area (Å²) in [4.78, 5) is 0. The summed E-state index contributed by atoms with van der Waals surface area (Å²) in [5.41, 5.74) is 0.896. The molecule has 1 aromatic carbocycles. The van der Waals surface area contributed by atoms with Gasteiger partial charge in [0.1, 0.15) is 0 Å². The normalized spacial score (nSPS) is 10.6. The molecule has 0 N–H and O–H groups in total. The van der Waals surface area contributed by atoms with Crippen molar-refractivity contribution in [2.45, 2.75) is 13.3 Å². The zero-order chi connectivity index (χ0) is 8.43. The number of halogens is 3. The number of rotatable bonds is 1. The lowest BCUT2D eigenvalue weighted by Gasteiger charge is -2.04. The first-order valence-corrected chi connectivity index (χ1v) is 3.95. The summed E-state index contributed by atoms with van der Waals surface area (Å²) in [6.45, 7) is 1.79. The third-order valence-corrected chi connectivity index (χ3v) is 2.54. The van der Waals surface area contributed by atoms with E-state index in [9.17, 15) is 8.78 Å². The van der Waals surface area contributed by atoms with E-state index < -0.39 is 6.43 Å². The highest BCUT2D eigenvalue weighted by Gasteiger charge is 2.11. The Bertz CT molecular complexity index is 258. The zero-order valence-corrected chi connectivity index (χ0v) is 7.53. The van der Waals surface area contributed by atoms with Crippen LogP contribution in [-0.2, 0) is 0 Å². The number of hydrogen-bond donors (Lipinski definition) is 0. The van der Waals surface area contributed by atoms with Crippen molar-refractivity contribution in [3.05, 3.63) is 33.8 Å². The zero-order valence-electron chi connectivity index (χ0n) is 5.94. The first-order valence-electron chi connectivity index (χ1n) is 3.16. The lowest BCUT2D eigenvalue weighted by Crippen LogP contribution is -1.87. The summed E-state index contributed by atoms with van der Waals surface area (Å²) in [6, 6.07) is 4.83. The van der Waals surface area contributed by atoms with Crippen molar-refractivity contribution < 1.29 is 8.78 Å². The summed E-state index contributed by atoms with van der Waals surface area (Å²) >= 11 is 3.10. The van der Waals surface area contributed by atoms with Crippen LogP contribution in [0.3, 0.4) is 0 Å². The van der Waals surface area contributed by atoms with E-state index >= 15 is 0 Å². The molecule has 0 fully saturated rings. The van der Waals surface area contributed by atoms with Crippen LogP contribution in [0.15, 0.2) is 22.7 Å². The fourth-order valence-electron chi connectivity index (χ4n) is 0.839. The number of hydrogen-bond acceptors (Lipinski definition) is 0. The molecule has 1 rings (SSSR count). The first-order chi connectivity index (χ1) is 5.13. The molecule has 0 aromatic heterocycles. The highest BCUT2D eigenvalue weighted by atomic mass is 79.9. The quantitative estimate of drug-likeness (QED) is 0.678. The molecule has 0 bridgehead atoms. The molecule has 0 atom stereocenters. The van der Waals surface area contributed by atoms with E-state index in [4.69, 9.17) is 0 Å². The molecule has 3 heteroatoms. The second-order valence-electron chi connectivity index (χ2n) is 2.28. The van der Waals surface area contributed by atoms with E-state index in [-0.39, 0.29) is 5.56 Å². The van der Waals surface area contributed by atoms with E-state index in [1.165, 1.54) is 6.07 Å². The summed E-state index contributed by atoms with van der Waals surface area (Å²) < 4.78 is 24.9. The van der Waals surface area contributed by atoms with E-state index in [1.807, 2.05) is 0 Å². The SMILES string of the molecule is Cc1cccc(C(F)F)c1Br. The summed E-state index contributed by atoms with van der Waals surface area (Å²) in [7, 11) is 0. The average Bonchev–Trinajstić information content (AvgIpc) is 1.94. The summed E-state index contributed by atoms with van der Waals surface area (Å²) in [5, 5.41) is 0. The van der Waals surface area contributed by atoms with Gasteiger partial charge in [-0.3, -0.25) is 0 Å². The largest absolute Gasteiger partial charge is 0.264 e. The standard InChI is InChI=1S/C8H7BrF2/c1-5-3-2-4-6(7(5)9)8(10)11/h2-4,8H,1H3. The van der Waals surface area contributed by atoms with E-state index in [0.29, 0.717) is 4.47 Å². The molecule has 0 saturated heterocycles. The van der Waals surface area contributed by atoms with Crippen LogP contribution < -0.4 is 0 Å². The Kier molecular flexibility index (Phi) is 2.60. The van der Waals surface area contributed by atoms with Crippen molar-refractivity contribution >= 4 is 15.9 Å². The molecule has 11 heavy (non-hydrogen) atoms. The maximum atomic E-state index is 12.2. The minimum Gasteiger partial charge on any atom is -0.205 e. The van der Waals surface area contributed by atoms with E-state index in [2.05, 4.69) is 15.9 Å². The molecule has 0 aliphatic carbocycles. The molecular weight excluding hydrogens is 214 g/mol. The maximum absolute atomic E-state index is 12.2. The Morgan fingerprint density at radius 1 is 1.36 bits per heavy atom. The van der Waals surface area contributed by atoms with Gasteiger partial charge in [0.2, 0.25) is 0 Å². The lowest BCUT2D eigenvalue weighted by atomic mass is 10.1. The molecule has 0 aliphatic heterocycles. The third kappa shape index (κ3) is 1.77. The fourth-order valence-corrected chi connectivity index (χ4v) is 1.28. The predicted molar refractivity (Wildman–Crippen MR) is 43.8 cm³/mol. The average molecular weight is 221 g/mol. The van der Waals surface area contributed by atoms with Crippen molar-refractivity contribution in [3.8, 4) is 0 Å². The molecule has 0 saturated carbocycles. The molecule has 0 amide bonds. The Hall–Kier alpha value is -0.440. The van der Waals surface area contributed by atoms with Crippen LogP contribution in [-0.4, -0.2) is 0 Å². The van der Waals surface area contributed by atoms with Crippen LogP contribution in [0.5, 0.6) is 0 Å². The van der Waals surface area contributed by atoms with Crippen LogP contribution in [0.2, 0.25) is 0 Å². The van der Waals surface area contributed by atoms with Gasteiger partial charge in [0.25, 0.3) is 6.43 Å². The molecular formula is C8H7BrF2. The van der Waals surface area contributed by atoms with Gasteiger partial charge in [0.15, 0.2) is 0 Å². The van der Waals surface area contributed by atoms with E-state index in [0.717, 1.165) is 5.56 Å². The van der Waals surface area contributed by atoms with Gasteiger partial charge < -0.3 is 0 Å². The molecule has 0 heterocycles. The number of aryl methyl sites for hydroxylation is 1. The topological polar surface area (TPSA) is 0 Å². The van der Waals surface area contributed by atoms with Crippen LogP contribution in [0.25, 0.3) is 0 Å². The van der Waals surface area contributed by atoms with Crippen molar-refractivity contribution in [2.24, 2.45) is 0 Å². The van der Waals surface area contributed by atoms with Crippen LogP contribution in [0.4, 0.5) is 8.78 Å². The van der Waals surface area contributed by atoms with Crippen LogP contribution in [0, 0.1) is 6.92 Å². The monoisotopic (exact) mass is 220 g/mol. The van der Waals surface area contributed by atoms with Crippen molar-refractivity contribution in [3.63, 3.8) is 0 Å². The molecule has 0 radical (unpaired) electrons. The van der Waals surface area contributed by atoms with Gasteiger partial charge in [0, 0.05) is 10.0 Å². The minimum atomic E-state index is -2.40. The minimum absolute atomic E-state index is 0.0602. The highest BCUT2D eigenvalue weighted by molar-refractivity contribution is 9.10. The molecule has 0 aliphatic rings. The van der Waals surface area contributed by atoms with Crippen molar-refractivity contribution in [1.29, 1.82) is 0 Å². The molecule has 0 unspecified atom stereocenters. The molecule has 0 spiro atoms. The third-order valence-electron chi connectivity index (χ3n) is 1.46. The lowest BCUT2D eigenvalue weighted by molar-refractivity contribution is 0.150. The Balaban J connectivity index is 3.17. The molecule has 0 nitrogen and oxygen atoms in total. The second kappa shape index (κ2) is 3.30. The maximum Gasteiger partial charge on any atom is 0.264 e. The van der Waals surface area contributed by atoms with Gasteiger partial charge in [0.05, 0.1) is 0 Å². The smallest absolute Gasteiger partial charge is 0.205 e. The Labute approximate surface area is 72.4 Å². The number of alkyl halides is 2. The van der Waals surface area contributed by atoms with Crippen LogP contribution >= 0.6 is 15.9 Å². The highest BCUT2D eigenvalue weighted by Crippen LogP contribution is 2.29. The summed E-state index contributed by atoms with van der Waals surface area (Å²) in [6.07, 6.45) is -2.40. The van der Waals surface area contributed by atoms with Gasteiger partial charge >= 0.3 is 0 Å².